The van der Waals surface area contributed by atoms with Gasteiger partial charge in [-0.25, -0.2) is 4.79 Å². The van der Waals surface area contributed by atoms with Gasteiger partial charge in [-0.15, -0.1) is 0 Å². The SMILES string of the molecule is CC(=O)N1CC(COC(=O)N2CCCC2)C1. The summed E-state index contributed by atoms with van der Waals surface area (Å²) in [4.78, 5) is 26.0. The minimum absolute atomic E-state index is 0.0992. The zero-order valence-corrected chi connectivity index (χ0v) is 9.65. The van der Waals surface area contributed by atoms with E-state index >= 15 is 0 Å². The minimum atomic E-state index is -0.196. The van der Waals surface area contributed by atoms with Gasteiger partial charge in [-0.05, 0) is 12.8 Å². The third kappa shape index (κ3) is 2.46. The van der Waals surface area contributed by atoms with Crippen LogP contribution in [0, 0.1) is 5.92 Å². The molecule has 0 atom stereocenters. The van der Waals surface area contributed by atoms with Gasteiger partial charge in [0.05, 0.1) is 6.61 Å². The van der Waals surface area contributed by atoms with Gasteiger partial charge in [0, 0.05) is 39.0 Å². The average Bonchev–Trinajstić information content (AvgIpc) is 2.66. The second-order valence-electron chi connectivity index (χ2n) is 4.56. The smallest absolute Gasteiger partial charge is 0.409 e. The first-order valence-electron chi connectivity index (χ1n) is 5.84. The molecule has 0 radical (unpaired) electrons. The van der Waals surface area contributed by atoms with Crippen molar-refractivity contribution >= 4 is 12.0 Å². The van der Waals surface area contributed by atoms with Gasteiger partial charge in [0.25, 0.3) is 0 Å². The number of amides is 2. The Morgan fingerprint density at radius 1 is 1.19 bits per heavy atom. The summed E-state index contributed by atoms with van der Waals surface area (Å²) in [6.45, 7) is 5.10. The molecule has 0 N–H and O–H groups in total. The van der Waals surface area contributed by atoms with Crippen molar-refractivity contribution in [3.63, 3.8) is 0 Å². The Morgan fingerprint density at radius 2 is 1.81 bits per heavy atom. The Balaban J connectivity index is 1.62. The van der Waals surface area contributed by atoms with E-state index in [0.29, 0.717) is 12.5 Å². The molecule has 5 nitrogen and oxygen atoms in total. The molecule has 0 aromatic carbocycles. The lowest BCUT2D eigenvalue weighted by atomic mass is 10.0. The van der Waals surface area contributed by atoms with Gasteiger partial charge in [0.15, 0.2) is 0 Å². The molecule has 0 unspecified atom stereocenters. The van der Waals surface area contributed by atoms with Crippen LogP contribution in [0.1, 0.15) is 19.8 Å². The van der Waals surface area contributed by atoms with E-state index in [0.717, 1.165) is 39.0 Å². The lowest BCUT2D eigenvalue weighted by Gasteiger charge is -2.38. The number of carbonyl (C=O) groups is 2. The maximum absolute atomic E-state index is 11.5. The summed E-state index contributed by atoms with van der Waals surface area (Å²) >= 11 is 0. The largest absolute Gasteiger partial charge is 0.449 e. The fourth-order valence-corrected chi connectivity index (χ4v) is 2.11. The summed E-state index contributed by atoms with van der Waals surface area (Å²) in [5, 5.41) is 0. The molecule has 2 fully saturated rings. The zero-order chi connectivity index (χ0) is 11.5. The Morgan fingerprint density at radius 3 is 2.38 bits per heavy atom. The van der Waals surface area contributed by atoms with Crippen molar-refractivity contribution in [2.75, 3.05) is 32.8 Å². The van der Waals surface area contributed by atoms with Crippen molar-refractivity contribution in [2.24, 2.45) is 5.92 Å². The second kappa shape index (κ2) is 4.72. The first kappa shape index (κ1) is 11.2. The van der Waals surface area contributed by atoms with Gasteiger partial charge < -0.3 is 14.5 Å². The van der Waals surface area contributed by atoms with Crippen LogP contribution >= 0.6 is 0 Å². The number of carbonyl (C=O) groups excluding carboxylic acids is 2. The second-order valence-corrected chi connectivity index (χ2v) is 4.56. The summed E-state index contributed by atoms with van der Waals surface area (Å²) in [5.41, 5.74) is 0. The van der Waals surface area contributed by atoms with Crippen LogP contribution in [0.5, 0.6) is 0 Å². The van der Waals surface area contributed by atoms with E-state index < -0.39 is 0 Å². The van der Waals surface area contributed by atoms with E-state index in [2.05, 4.69) is 0 Å². The number of ether oxygens (including phenoxy) is 1. The van der Waals surface area contributed by atoms with Gasteiger partial charge in [0.2, 0.25) is 5.91 Å². The van der Waals surface area contributed by atoms with Crippen molar-refractivity contribution in [3.05, 3.63) is 0 Å². The first-order valence-corrected chi connectivity index (χ1v) is 5.84. The predicted molar refractivity (Wildman–Crippen MR) is 57.9 cm³/mol. The number of hydrogen-bond donors (Lipinski definition) is 0. The molecule has 2 heterocycles. The van der Waals surface area contributed by atoms with Crippen LogP contribution in [0.2, 0.25) is 0 Å². The van der Waals surface area contributed by atoms with Crippen LogP contribution < -0.4 is 0 Å². The molecule has 2 amide bonds. The van der Waals surface area contributed by atoms with Crippen LogP contribution in [0.3, 0.4) is 0 Å². The fraction of sp³-hybridized carbons (Fsp3) is 0.818. The molecule has 90 valence electrons. The van der Waals surface area contributed by atoms with Crippen molar-refractivity contribution < 1.29 is 14.3 Å². The molecule has 0 spiro atoms. The summed E-state index contributed by atoms with van der Waals surface area (Å²) in [5.74, 6) is 0.428. The molecular weight excluding hydrogens is 208 g/mol. The van der Waals surface area contributed by atoms with Gasteiger partial charge in [-0.1, -0.05) is 0 Å². The van der Waals surface area contributed by atoms with E-state index in [4.69, 9.17) is 4.74 Å². The molecule has 0 aromatic heterocycles. The van der Waals surface area contributed by atoms with Gasteiger partial charge in [-0.2, -0.15) is 0 Å². The van der Waals surface area contributed by atoms with E-state index in [1.54, 1.807) is 16.7 Å². The molecule has 5 heteroatoms. The Labute approximate surface area is 95.3 Å². The van der Waals surface area contributed by atoms with Crippen LogP contribution in [-0.2, 0) is 9.53 Å². The van der Waals surface area contributed by atoms with E-state index in [9.17, 15) is 9.59 Å². The van der Waals surface area contributed by atoms with E-state index in [1.165, 1.54) is 0 Å². The molecule has 0 bridgehead atoms. The Kier molecular flexibility index (Phi) is 3.31. The summed E-state index contributed by atoms with van der Waals surface area (Å²) in [7, 11) is 0. The van der Waals surface area contributed by atoms with E-state index in [1.807, 2.05) is 0 Å². The Bertz CT molecular complexity index is 281. The summed E-state index contributed by atoms with van der Waals surface area (Å²) < 4.78 is 5.21. The molecule has 2 saturated heterocycles. The van der Waals surface area contributed by atoms with Crippen molar-refractivity contribution in [3.8, 4) is 0 Å². The monoisotopic (exact) mass is 226 g/mol. The van der Waals surface area contributed by atoms with Crippen LogP contribution in [0.25, 0.3) is 0 Å². The van der Waals surface area contributed by atoms with Crippen molar-refractivity contribution in [2.45, 2.75) is 19.8 Å². The third-order valence-electron chi connectivity index (χ3n) is 3.21. The molecule has 0 aromatic rings. The molecule has 16 heavy (non-hydrogen) atoms. The lowest BCUT2D eigenvalue weighted by Crippen LogP contribution is -2.51. The highest BCUT2D eigenvalue weighted by Crippen LogP contribution is 2.16. The fourth-order valence-electron chi connectivity index (χ4n) is 2.11. The van der Waals surface area contributed by atoms with Crippen LogP contribution in [0.15, 0.2) is 0 Å². The first-order chi connectivity index (χ1) is 7.66. The van der Waals surface area contributed by atoms with Crippen molar-refractivity contribution in [1.29, 1.82) is 0 Å². The van der Waals surface area contributed by atoms with Crippen molar-refractivity contribution in [1.82, 2.24) is 9.80 Å². The molecule has 2 aliphatic rings. The van der Waals surface area contributed by atoms with Gasteiger partial charge in [0.1, 0.15) is 0 Å². The Hall–Kier alpha value is -1.26. The highest BCUT2D eigenvalue weighted by atomic mass is 16.6. The van der Waals surface area contributed by atoms with Gasteiger partial charge in [-0.3, -0.25) is 4.79 Å². The zero-order valence-electron chi connectivity index (χ0n) is 9.65. The van der Waals surface area contributed by atoms with E-state index in [-0.39, 0.29) is 12.0 Å². The van der Waals surface area contributed by atoms with Crippen LogP contribution in [-0.4, -0.2) is 54.6 Å². The number of nitrogens with zero attached hydrogens (tertiary/aromatic N) is 2. The topological polar surface area (TPSA) is 49.9 Å². The maximum atomic E-state index is 11.5. The quantitative estimate of drug-likeness (QED) is 0.696. The summed E-state index contributed by atoms with van der Waals surface area (Å²) in [6.07, 6.45) is 1.96. The highest BCUT2D eigenvalue weighted by molar-refractivity contribution is 5.74. The number of hydrogen-bond acceptors (Lipinski definition) is 3. The molecule has 2 rings (SSSR count). The maximum Gasteiger partial charge on any atom is 0.409 e. The van der Waals surface area contributed by atoms with Crippen LogP contribution in [0.4, 0.5) is 4.79 Å². The normalized spacial score (nSPS) is 20.8. The molecule has 0 saturated carbocycles. The summed E-state index contributed by atoms with van der Waals surface area (Å²) in [6, 6.07) is 0. The number of likely N-dealkylation sites (tertiary alicyclic amines) is 2. The minimum Gasteiger partial charge on any atom is -0.449 e. The molecule has 0 aliphatic carbocycles. The lowest BCUT2D eigenvalue weighted by molar-refractivity contribution is -0.136. The number of rotatable bonds is 2. The highest BCUT2D eigenvalue weighted by Gasteiger charge is 2.30. The molecule has 2 aliphatic heterocycles. The standard InChI is InChI=1S/C11H18N2O3/c1-9(14)13-6-10(7-13)8-16-11(15)12-4-2-3-5-12/h10H,2-8H2,1H3. The molecular formula is C11H18N2O3. The predicted octanol–water partition coefficient (Wildman–Crippen LogP) is 0.697. The van der Waals surface area contributed by atoms with Gasteiger partial charge >= 0.3 is 6.09 Å². The average molecular weight is 226 g/mol. The third-order valence-corrected chi connectivity index (χ3v) is 3.21.